The van der Waals surface area contributed by atoms with Crippen LogP contribution in [0.25, 0.3) is 12.2 Å². The number of carboxylic acid groups (broad SMARTS) is 2. The Morgan fingerprint density at radius 3 is 1.58 bits per heavy atom. The number of ketones is 1. The first-order valence-corrected chi connectivity index (χ1v) is 7.61. The number of carbonyl (C=O) groups excluding carboxylic acids is 1. The molecule has 3 N–H and O–H groups in total. The Morgan fingerprint density at radius 1 is 0.731 bits per heavy atom. The van der Waals surface area contributed by atoms with Crippen molar-refractivity contribution >= 4 is 29.9 Å². The maximum Gasteiger partial charge on any atom is 0.328 e. The van der Waals surface area contributed by atoms with Crippen LogP contribution in [0.15, 0.2) is 60.7 Å². The molecule has 0 heterocycles. The summed E-state index contributed by atoms with van der Waals surface area (Å²) in [5, 5.41) is 27.4. The van der Waals surface area contributed by atoms with Gasteiger partial charge in [0.15, 0.2) is 5.78 Å². The number of carboxylic acids is 2. The third-order valence-electron chi connectivity index (χ3n) is 3.53. The molecular formula is C20H16O6. The van der Waals surface area contributed by atoms with Gasteiger partial charge in [0.25, 0.3) is 0 Å². The molecule has 0 radical (unpaired) electrons. The van der Waals surface area contributed by atoms with Crippen molar-refractivity contribution in [1.29, 1.82) is 0 Å². The van der Waals surface area contributed by atoms with E-state index in [4.69, 9.17) is 10.2 Å². The Balaban J connectivity index is 2.11. The average Bonchev–Trinajstić information content (AvgIpc) is 2.64. The first kappa shape index (κ1) is 18.8. The Labute approximate surface area is 149 Å². The molecule has 1 unspecified atom stereocenters. The van der Waals surface area contributed by atoms with Crippen LogP contribution in [0.5, 0.6) is 0 Å². The van der Waals surface area contributed by atoms with Crippen LogP contribution in [0.4, 0.5) is 0 Å². The number of carbonyl (C=O) groups is 3. The number of benzene rings is 2. The summed E-state index contributed by atoms with van der Waals surface area (Å²) in [6.45, 7) is 0. The van der Waals surface area contributed by atoms with Crippen molar-refractivity contribution in [1.82, 2.24) is 0 Å². The molecule has 0 fully saturated rings. The fourth-order valence-electron chi connectivity index (χ4n) is 2.19. The highest BCUT2D eigenvalue weighted by molar-refractivity contribution is 6.00. The summed E-state index contributed by atoms with van der Waals surface area (Å²) in [6, 6.07) is 12.5. The number of Topliss-reactive ketones (excluding diaryl/α,β-unsaturated/α-hetero) is 1. The minimum absolute atomic E-state index is 0.292. The molecule has 132 valence electrons. The number of aliphatic hydroxyl groups is 1. The fraction of sp³-hybridized carbons (Fsp3) is 0.0500. The zero-order valence-electron chi connectivity index (χ0n) is 13.6. The van der Waals surface area contributed by atoms with Crippen molar-refractivity contribution in [2.24, 2.45) is 0 Å². The number of rotatable bonds is 7. The van der Waals surface area contributed by atoms with Crippen LogP contribution in [-0.2, 0) is 9.59 Å². The first-order chi connectivity index (χ1) is 12.4. The Bertz CT molecular complexity index is 860. The molecule has 0 aliphatic carbocycles. The third-order valence-corrected chi connectivity index (χ3v) is 3.53. The van der Waals surface area contributed by atoms with Gasteiger partial charge in [0.2, 0.25) is 0 Å². The highest BCUT2D eigenvalue weighted by Crippen LogP contribution is 2.20. The minimum Gasteiger partial charge on any atom is -0.478 e. The van der Waals surface area contributed by atoms with Gasteiger partial charge in [0, 0.05) is 17.7 Å². The van der Waals surface area contributed by atoms with E-state index in [9.17, 15) is 19.5 Å². The first-order valence-electron chi connectivity index (χ1n) is 7.61. The molecule has 0 amide bonds. The molecule has 2 rings (SSSR count). The van der Waals surface area contributed by atoms with Gasteiger partial charge in [-0.1, -0.05) is 48.5 Å². The van der Waals surface area contributed by atoms with Crippen molar-refractivity contribution in [2.45, 2.75) is 6.10 Å². The van der Waals surface area contributed by atoms with Gasteiger partial charge >= 0.3 is 11.9 Å². The Kier molecular flexibility index (Phi) is 6.19. The molecule has 0 aromatic heterocycles. The van der Waals surface area contributed by atoms with Crippen LogP contribution in [0, 0.1) is 0 Å². The predicted molar refractivity (Wildman–Crippen MR) is 95.5 cm³/mol. The van der Waals surface area contributed by atoms with Crippen molar-refractivity contribution in [3.8, 4) is 0 Å². The van der Waals surface area contributed by atoms with Crippen LogP contribution >= 0.6 is 0 Å². The second-order valence-electron chi connectivity index (χ2n) is 5.40. The lowest BCUT2D eigenvalue weighted by Gasteiger charge is -2.10. The van der Waals surface area contributed by atoms with Crippen molar-refractivity contribution in [2.75, 3.05) is 0 Å². The lowest BCUT2D eigenvalue weighted by Crippen LogP contribution is -2.12. The summed E-state index contributed by atoms with van der Waals surface area (Å²) in [4.78, 5) is 33.3. The second-order valence-corrected chi connectivity index (χ2v) is 5.40. The summed E-state index contributed by atoms with van der Waals surface area (Å²) >= 11 is 0. The van der Waals surface area contributed by atoms with E-state index >= 15 is 0 Å². The predicted octanol–water partition coefficient (Wildman–Crippen LogP) is 2.80. The van der Waals surface area contributed by atoms with Gasteiger partial charge in [0.05, 0.1) is 0 Å². The second kappa shape index (κ2) is 8.55. The van der Waals surface area contributed by atoms with E-state index in [1.807, 2.05) is 0 Å². The molecule has 0 aliphatic rings. The Morgan fingerprint density at radius 2 is 1.15 bits per heavy atom. The summed E-state index contributed by atoms with van der Waals surface area (Å²) in [5.74, 6) is -2.62. The van der Waals surface area contributed by atoms with Crippen LogP contribution in [0.3, 0.4) is 0 Å². The lowest BCUT2D eigenvalue weighted by atomic mass is 9.98. The minimum atomic E-state index is -1.35. The molecule has 2 aromatic rings. The average molecular weight is 352 g/mol. The van der Waals surface area contributed by atoms with Gasteiger partial charge in [0.1, 0.15) is 6.10 Å². The maximum absolute atomic E-state index is 12.4. The van der Waals surface area contributed by atoms with Gasteiger partial charge in [-0.05, 0) is 28.8 Å². The maximum atomic E-state index is 12.4. The molecule has 0 saturated carbocycles. The van der Waals surface area contributed by atoms with E-state index in [0.717, 1.165) is 12.2 Å². The molecule has 1 atom stereocenters. The van der Waals surface area contributed by atoms with E-state index in [-0.39, 0.29) is 0 Å². The largest absolute Gasteiger partial charge is 0.478 e. The molecule has 26 heavy (non-hydrogen) atoms. The zero-order valence-corrected chi connectivity index (χ0v) is 13.6. The summed E-state index contributed by atoms with van der Waals surface area (Å²) in [6.07, 6.45) is 3.44. The molecule has 0 spiro atoms. The monoisotopic (exact) mass is 352 g/mol. The highest BCUT2D eigenvalue weighted by Gasteiger charge is 2.18. The normalized spacial score (nSPS) is 12.3. The SMILES string of the molecule is O=C(O)C=Cc1ccc(C(=O)C(O)c2ccc(C=CC(=O)O)cc2)cc1. The molecule has 0 bridgehead atoms. The van der Waals surface area contributed by atoms with Crippen LogP contribution < -0.4 is 0 Å². The van der Waals surface area contributed by atoms with Crippen LogP contribution in [0.2, 0.25) is 0 Å². The fourth-order valence-corrected chi connectivity index (χ4v) is 2.19. The highest BCUT2D eigenvalue weighted by atomic mass is 16.4. The molecule has 6 heteroatoms. The zero-order chi connectivity index (χ0) is 19.1. The van der Waals surface area contributed by atoms with Crippen LogP contribution in [-0.4, -0.2) is 33.0 Å². The van der Waals surface area contributed by atoms with Gasteiger partial charge in [-0.3, -0.25) is 4.79 Å². The van der Waals surface area contributed by atoms with Gasteiger partial charge in [-0.25, -0.2) is 9.59 Å². The van der Waals surface area contributed by atoms with E-state index in [1.54, 1.807) is 36.4 Å². The number of hydrogen-bond acceptors (Lipinski definition) is 4. The van der Waals surface area contributed by atoms with E-state index in [0.29, 0.717) is 22.3 Å². The number of aliphatic carboxylic acids is 2. The number of hydrogen-bond donors (Lipinski definition) is 3. The number of aliphatic hydroxyl groups excluding tert-OH is 1. The molecule has 2 aromatic carbocycles. The van der Waals surface area contributed by atoms with Gasteiger partial charge in [-0.2, -0.15) is 0 Å². The topological polar surface area (TPSA) is 112 Å². The van der Waals surface area contributed by atoms with E-state index in [1.165, 1.54) is 24.3 Å². The van der Waals surface area contributed by atoms with Gasteiger partial charge in [-0.15, -0.1) is 0 Å². The van der Waals surface area contributed by atoms with Crippen molar-refractivity contribution in [3.05, 3.63) is 82.9 Å². The molecule has 0 saturated heterocycles. The molecular weight excluding hydrogens is 336 g/mol. The third kappa shape index (κ3) is 5.25. The summed E-state index contributed by atoms with van der Waals surface area (Å²) in [5.41, 5.74) is 1.93. The van der Waals surface area contributed by atoms with E-state index in [2.05, 4.69) is 0 Å². The standard InChI is InChI=1S/C20H16O6/c21-17(22)11-5-13-1-7-15(8-2-13)19(25)20(26)16-9-3-14(4-10-16)6-12-18(23)24/h1-12,19,25H,(H,21,22)(H,23,24). The van der Waals surface area contributed by atoms with Crippen molar-refractivity contribution < 1.29 is 29.7 Å². The Hall–Kier alpha value is -3.51. The summed E-state index contributed by atoms with van der Waals surface area (Å²) in [7, 11) is 0. The smallest absolute Gasteiger partial charge is 0.328 e. The quantitative estimate of drug-likeness (QED) is 0.522. The van der Waals surface area contributed by atoms with Crippen LogP contribution in [0.1, 0.15) is 33.2 Å². The lowest BCUT2D eigenvalue weighted by molar-refractivity contribution is -0.132. The molecule has 0 aliphatic heterocycles. The van der Waals surface area contributed by atoms with Crippen molar-refractivity contribution in [3.63, 3.8) is 0 Å². The molecule has 6 nitrogen and oxygen atoms in total. The summed E-state index contributed by atoms with van der Waals surface area (Å²) < 4.78 is 0. The van der Waals surface area contributed by atoms with Gasteiger partial charge < -0.3 is 15.3 Å². The van der Waals surface area contributed by atoms with E-state index < -0.39 is 23.8 Å².